The first-order chi connectivity index (χ1) is 14.0. The van der Waals surface area contributed by atoms with E-state index < -0.39 is 5.97 Å². The van der Waals surface area contributed by atoms with Crippen molar-refractivity contribution in [2.75, 3.05) is 44.3 Å². The average Bonchev–Trinajstić information content (AvgIpc) is 2.98. The van der Waals surface area contributed by atoms with E-state index >= 15 is 0 Å². The van der Waals surface area contributed by atoms with Crippen LogP contribution < -0.4 is 4.90 Å². The molecule has 0 spiro atoms. The first-order valence-electron chi connectivity index (χ1n) is 8.66. The Morgan fingerprint density at radius 1 is 1.21 bits per heavy atom. The van der Waals surface area contributed by atoms with E-state index in [2.05, 4.69) is 20.9 Å². The Balaban J connectivity index is 0.000000449. The third-order valence-electron chi connectivity index (χ3n) is 4.46. The highest BCUT2D eigenvalue weighted by Crippen LogP contribution is 2.30. The Kier molecular flexibility index (Phi) is 8.70. The molecule has 12 heteroatoms. The van der Waals surface area contributed by atoms with E-state index in [0.717, 1.165) is 35.7 Å². The van der Waals surface area contributed by atoms with Crippen molar-refractivity contribution in [1.82, 2.24) is 14.9 Å². The fourth-order valence-electron chi connectivity index (χ4n) is 3.50. The van der Waals surface area contributed by atoms with Crippen LogP contribution in [0.25, 0.3) is 10.2 Å². The van der Waals surface area contributed by atoms with Crippen molar-refractivity contribution < 1.29 is 34.4 Å². The molecule has 2 atom stereocenters. The van der Waals surface area contributed by atoms with Crippen LogP contribution in [0.2, 0.25) is 0 Å². The molecule has 11 nitrogen and oxygen atoms in total. The van der Waals surface area contributed by atoms with Gasteiger partial charge in [-0.2, -0.15) is 0 Å². The summed E-state index contributed by atoms with van der Waals surface area (Å²) in [5, 5.41) is 26.0. The summed E-state index contributed by atoms with van der Waals surface area (Å²) in [5.41, 5.74) is 0. The summed E-state index contributed by atoms with van der Waals surface area (Å²) < 4.78 is 5.74. The number of carboxylic acids is 1. The van der Waals surface area contributed by atoms with Crippen molar-refractivity contribution in [1.29, 1.82) is 0 Å². The SMILES string of the molecule is O=C(O)CN1C[C@H]2COC[C@@H]1CN(c1ncnc3sccc13)C2.O=CO.O=CO. The van der Waals surface area contributed by atoms with Gasteiger partial charge in [-0.1, -0.05) is 0 Å². The lowest BCUT2D eigenvalue weighted by Crippen LogP contribution is -2.46. The van der Waals surface area contributed by atoms with Crippen LogP contribution in [0.4, 0.5) is 5.82 Å². The van der Waals surface area contributed by atoms with Gasteiger partial charge < -0.3 is 25.0 Å². The minimum atomic E-state index is -0.786. The van der Waals surface area contributed by atoms with Crippen molar-refractivity contribution in [2.24, 2.45) is 5.92 Å². The van der Waals surface area contributed by atoms with Crippen molar-refractivity contribution in [3.05, 3.63) is 17.8 Å². The zero-order chi connectivity index (χ0) is 21.2. The monoisotopic (exact) mass is 426 g/mol. The van der Waals surface area contributed by atoms with Crippen LogP contribution in [0.3, 0.4) is 0 Å². The standard InChI is InChI=1S/C15H18N4O3S.2CH2O2/c20-13(21)6-18-3-10-4-19(5-11(18)8-22-7-10)14-12-1-2-23-15(12)17-9-16-14;2*2-1-3/h1-2,9-11H,3-8H2,(H,20,21);2*1H,(H,2,3)/t10-,11+;;/m1../s1. The van der Waals surface area contributed by atoms with E-state index in [9.17, 15) is 4.79 Å². The highest BCUT2D eigenvalue weighted by Gasteiger charge is 2.35. The third kappa shape index (κ3) is 6.07. The van der Waals surface area contributed by atoms with Gasteiger partial charge in [-0.15, -0.1) is 11.3 Å². The van der Waals surface area contributed by atoms with Crippen LogP contribution in [-0.2, 0) is 19.1 Å². The van der Waals surface area contributed by atoms with E-state index in [0.29, 0.717) is 13.2 Å². The molecular weight excluding hydrogens is 404 g/mol. The number of nitrogens with zero attached hydrogens (tertiary/aromatic N) is 4. The van der Waals surface area contributed by atoms with Crippen molar-refractivity contribution in [3.8, 4) is 0 Å². The fourth-order valence-corrected chi connectivity index (χ4v) is 4.23. The summed E-state index contributed by atoms with van der Waals surface area (Å²) in [7, 11) is 0. The van der Waals surface area contributed by atoms with Crippen LogP contribution in [0.5, 0.6) is 0 Å². The summed E-state index contributed by atoms with van der Waals surface area (Å²) in [6, 6.07) is 2.13. The smallest absolute Gasteiger partial charge is 0.317 e. The van der Waals surface area contributed by atoms with Crippen LogP contribution >= 0.6 is 11.3 Å². The molecule has 2 saturated heterocycles. The van der Waals surface area contributed by atoms with Crippen LogP contribution in [0.15, 0.2) is 17.8 Å². The number of hydrogen-bond acceptors (Lipinski definition) is 9. The molecule has 2 aromatic rings. The molecular formula is C17H22N4O7S. The van der Waals surface area contributed by atoms with Crippen molar-refractivity contribution in [2.45, 2.75) is 6.04 Å². The van der Waals surface area contributed by atoms with E-state index in [4.69, 9.17) is 29.6 Å². The Labute approximate surface area is 170 Å². The Morgan fingerprint density at radius 3 is 2.62 bits per heavy atom. The maximum absolute atomic E-state index is 11.1. The molecule has 0 amide bonds. The van der Waals surface area contributed by atoms with Gasteiger partial charge >= 0.3 is 5.97 Å². The molecule has 4 rings (SSSR count). The van der Waals surface area contributed by atoms with Gasteiger partial charge in [0.25, 0.3) is 12.9 Å². The second kappa shape index (κ2) is 11.2. The lowest BCUT2D eigenvalue weighted by atomic mass is 10.1. The van der Waals surface area contributed by atoms with Gasteiger partial charge in [0, 0.05) is 25.6 Å². The molecule has 29 heavy (non-hydrogen) atoms. The van der Waals surface area contributed by atoms with E-state index in [1.807, 2.05) is 10.3 Å². The Morgan fingerprint density at radius 2 is 1.93 bits per heavy atom. The minimum absolute atomic E-state index is 0.0655. The molecule has 2 fully saturated rings. The molecule has 0 aromatic carbocycles. The molecule has 0 unspecified atom stereocenters. The second-order valence-electron chi connectivity index (χ2n) is 6.33. The molecule has 2 bridgehead atoms. The molecule has 4 heterocycles. The van der Waals surface area contributed by atoms with Crippen LogP contribution in [0.1, 0.15) is 0 Å². The summed E-state index contributed by atoms with van der Waals surface area (Å²) in [4.78, 5) is 42.0. The number of aliphatic carboxylic acids is 1. The van der Waals surface area contributed by atoms with Gasteiger partial charge in [-0.3, -0.25) is 19.3 Å². The normalized spacial score (nSPS) is 21.0. The van der Waals surface area contributed by atoms with Crippen molar-refractivity contribution in [3.63, 3.8) is 0 Å². The number of anilines is 1. The topological polar surface area (TPSA) is 153 Å². The van der Waals surface area contributed by atoms with E-state index in [1.54, 1.807) is 17.7 Å². The molecule has 2 aliphatic heterocycles. The lowest BCUT2D eigenvalue weighted by molar-refractivity contribution is -0.139. The third-order valence-corrected chi connectivity index (χ3v) is 5.28. The van der Waals surface area contributed by atoms with Gasteiger partial charge in [0.05, 0.1) is 31.2 Å². The fraction of sp³-hybridized carbons (Fsp3) is 0.471. The predicted molar refractivity (Wildman–Crippen MR) is 104 cm³/mol. The minimum Gasteiger partial charge on any atom is -0.483 e. The van der Waals surface area contributed by atoms with Crippen LogP contribution in [-0.4, -0.2) is 94.5 Å². The largest absolute Gasteiger partial charge is 0.483 e. The number of carboxylic acid groups (broad SMARTS) is 3. The quantitative estimate of drug-likeness (QED) is 0.581. The highest BCUT2D eigenvalue weighted by atomic mass is 32.1. The summed E-state index contributed by atoms with van der Waals surface area (Å²) in [6.45, 7) is 3.11. The molecule has 0 aliphatic carbocycles. The number of ether oxygens (including phenoxy) is 1. The zero-order valence-corrected chi connectivity index (χ0v) is 16.3. The molecule has 158 valence electrons. The number of carbonyl (C=O) groups is 3. The molecule has 2 aromatic heterocycles. The first-order valence-corrected chi connectivity index (χ1v) is 9.54. The number of aromatic nitrogens is 2. The summed E-state index contributed by atoms with van der Waals surface area (Å²) >= 11 is 1.61. The Bertz CT molecular complexity index is 812. The summed E-state index contributed by atoms with van der Waals surface area (Å²) in [6.07, 6.45) is 1.61. The van der Waals surface area contributed by atoms with Crippen LogP contribution in [0, 0.1) is 5.92 Å². The molecule has 0 saturated carbocycles. The predicted octanol–water partition coefficient (Wildman–Crippen LogP) is 0.315. The number of thiophene rings is 1. The number of rotatable bonds is 3. The van der Waals surface area contributed by atoms with Crippen molar-refractivity contribution >= 4 is 46.3 Å². The maximum atomic E-state index is 11.1. The Hall–Kier alpha value is -2.83. The van der Waals surface area contributed by atoms with Gasteiger partial charge in [0.1, 0.15) is 17.0 Å². The summed E-state index contributed by atoms with van der Waals surface area (Å²) in [5.74, 6) is 0.446. The van der Waals surface area contributed by atoms with Gasteiger partial charge in [0.2, 0.25) is 0 Å². The highest BCUT2D eigenvalue weighted by molar-refractivity contribution is 7.16. The van der Waals surface area contributed by atoms with Gasteiger partial charge in [-0.05, 0) is 11.4 Å². The second-order valence-corrected chi connectivity index (χ2v) is 7.23. The molecule has 3 N–H and O–H groups in total. The van der Waals surface area contributed by atoms with E-state index in [-0.39, 0.29) is 31.4 Å². The maximum Gasteiger partial charge on any atom is 0.317 e. The average molecular weight is 426 g/mol. The van der Waals surface area contributed by atoms with Gasteiger partial charge in [-0.25, -0.2) is 9.97 Å². The zero-order valence-electron chi connectivity index (χ0n) is 15.5. The number of fused-ring (bicyclic) bond motifs is 4. The van der Waals surface area contributed by atoms with E-state index in [1.165, 1.54) is 0 Å². The number of hydrogen-bond donors (Lipinski definition) is 3. The lowest BCUT2D eigenvalue weighted by Gasteiger charge is -2.31. The molecule has 0 radical (unpaired) electrons. The van der Waals surface area contributed by atoms with Gasteiger partial charge in [0.15, 0.2) is 0 Å². The molecule has 2 aliphatic rings. The first kappa shape index (κ1) is 22.5.